The summed E-state index contributed by atoms with van der Waals surface area (Å²) in [7, 11) is 2.98. The van der Waals surface area contributed by atoms with Gasteiger partial charge in [0.2, 0.25) is 5.88 Å². The highest BCUT2D eigenvalue weighted by atomic mass is 32.1. The minimum absolute atomic E-state index is 0.115. The highest BCUT2D eigenvalue weighted by molar-refractivity contribution is 7.73. The van der Waals surface area contributed by atoms with Crippen molar-refractivity contribution < 1.29 is 24.5 Å². The van der Waals surface area contributed by atoms with Crippen molar-refractivity contribution in [3.8, 4) is 17.4 Å². The lowest BCUT2D eigenvalue weighted by atomic mass is 10.0. The van der Waals surface area contributed by atoms with Gasteiger partial charge in [0.1, 0.15) is 0 Å². The molecular weight excluding hydrogens is 352 g/mol. The second-order valence-electron chi connectivity index (χ2n) is 4.78. The zero-order valence-electron chi connectivity index (χ0n) is 12.6. The number of carboxylic acids is 1. The summed E-state index contributed by atoms with van der Waals surface area (Å²) in [4.78, 5) is 18.7. The van der Waals surface area contributed by atoms with Gasteiger partial charge in [-0.25, -0.2) is 9.79 Å². The molecule has 7 nitrogen and oxygen atoms in total. The summed E-state index contributed by atoms with van der Waals surface area (Å²) in [5.74, 6) is -0.383. The number of hydrogen-bond donors (Lipinski definition) is 3. The Labute approximate surface area is 145 Å². The average Bonchev–Trinajstić information content (AvgIpc) is 3.06. The number of methoxy groups -OCH3 is 2. The number of H-pyrrole nitrogens is 1. The van der Waals surface area contributed by atoms with E-state index in [1.807, 2.05) is 0 Å². The SMILES string of the molecule is COc1cc2c(cc1OC)/C(=C/c1sc(=S)[nH]c1O)C(C(=O)O)=N2. The lowest BCUT2D eigenvalue weighted by molar-refractivity contribution is -0.129. The van der Waals surface area contributed by atoms with Gasteiger partial charge in [-0.1, -0.05) is 0 Å². The van der Waals surface area contributed by atoms with Crippen molar-refractivity contribution >= 4 is 52.6 Å². The summed E-state index contributed by atoms with van der Waals surface area (Å²) in [6, 6.07) is 3.26. The normalized spacial score (nSPS) is 14.4. The predicted octanol–water partition coefficient (Wildman–Crippen LogP) is 3.24. The number of nitrogens with zero attached hydrogens (tertiary/aromatic N) is 1. The summed E-state index contributed by atoms with van der Waals surface area (Å²) >= 11 is 6.12. The molecule has 1 aliphatic rings. The van der Waals surface area contributed by atoms with E-state index in [-0.39, 0.29) is 11.6 Å². The number of fused-ring (bicyclic) bond motifs is 1. The molecule has 1 aliphatic heterocycles. The zero-order valence-corrected chi connectivity index (χ0v) is 14.2. The largest absolute Gasteiger partial charge is 0.494 e. The van der Waals surface area contributed by atoms with Gasteiger partial charge in [-0.3, -0.25) is 0 Å². The molecule has 0 unspecified atom stereocenters. The molecule has 9 heteroatoms. The van der Waals surface area contributed by atoms with Crippen LogP contribution >= 0.6 is 23.6 Å². The number of carbonyl (C=O) groups is 1. The lowest BCUT2D eigenvalue weighted by Crippen LogP contribution is -2.11. The van der Waals surface area contributed by atoms with Gasteiger partial charge in [0.05, 0.1) is 24.8 Å². The molecule has 0 spiro atoms. The van der Waals surface area contributed by atoms with Gasteiger partial charge >= 0.3 is 5.97 Å². The number of aromatic hydroxyl groups is 1. The first-order valence-electron chi connectivity index (χ1n) is 6.67. The van der Waals surface area contributed by atoms with Crippen LogP contribution in [0.25, 0.3) is 11.6 Å². The molecule has 0 saturated heterocycles. The number of aromatic nitrogens is 1. The Morgan fingerprint density at radius 1 is 1.33 bits per heavy atom. The Bertz CT molecular complexity index is 955. The number of ether oxygens (including phenoxy) is 2. The van der Waals surface area contributed by atoms with Gasteiger partial charge in [0.15, 0.2) is 21.2 Å². The number of rotatable bonds is 4. The molecule has 0 aliphatic carbocycles. The highest BCUT2D eigenvalue weighted by Gasteiger charge is 2.28. The molecule has 3 rings (SSSR count). The Morgan fingerprint density at radius 2 is 2.00 bits per heavy atom. The van der Waals surface area contributed by atoms with E-state index in [1.54, 1.807) is 12.1 Å². The molecule has 24 heavy (non-hydrogen) atoms. The third-order valence-electron chi connectivity index (χ3n) is 3.41. The molecule has 0 atom stereocenters. The fourth-order valence-corrected chi connectivity index (χ4v) is 3.39. The first-order valence-corrected chi connectivity index (χ1v) is 7.89. The van der Waals surface area contributed by atoms with Crippen LogP contribution in [0.3, 0.4) is 0 Å². The molecule has 0 bridgehead atoms. The molecule has 2 heterocycles. The maximum Gasteiger partial charge on any atom is 0.355 e. The van der Waals surface area contributed by atoms with Gasteiger partial charge in [0.25, 0.3) is 0 Å². The van der Waals surface area contributed by atoms with Gasteiger partial charge in [-0.15, -0.1) is 11.3 Å². The van der Waals surface area contributed by atoms with Crippen molar-refractivity contribution in [3.05, 3.63) is 26.5 Å². The Balaban J connectivity index is 2.23. The number of hydrogen-bond acceptors (Lipinski definition) is 7. The average molecular weight is 364 g/mol. The van der Waals surface area contributed by atoms with Gasteiger partial charge in [-0.2, -0.15) is 0 Å². The molecule has 1 aromatic carbocycles. The third-order valence-corrected chi connectivity index (χ3v) is 4.58. The standard InChI is InChI=1S/C15H12N2O5S2/c1-21-9-3-6-7(4-11-13(18)17-15(23)24-11)12(14(19)20)16-8(6)5-10(9)22-2/h3-5,18H,1-2H3,(H,17,23)(H,19,20)/b7-4-. The summed E-state index contributed by atoms with van der Waals surface area (Å²) in [5, 5.41) is 19.3. The van der Waals surface area contributed by atoms with E-state index < -0.39 is 5.97 Å². The van der Waals surface area contributed by atoms with Crippen LogP contribution in [-0.2, 0) is 4.79 Å². The monoisotopic (exact) mass is 364 g/mol. The number of aliphatic imine (C=N–C) groups is 1. The van der Waals surface area contributed by atoms with E-state index in [1.165, 1.54) is 20.3 Å². The molecule has 0 radical (unpaired) electrons. The van der Waals surface area contributed by atoms with E-state index in [4.69, 9.17) is 21.7 Å². The summed E-state index contributed by atoms with van der Waals surface area (Å²) in [6.07, 6.45) is 1.54. The zero-order chi connectivity index (χ0) is 17.4. The Hall–Kier alpha value is -2.65. The number of nitrogens with one attached hydrogen (secondary N) is 1. The van der Waals surface area contributed by atoms with Crippen LogP contribution in [0.15, 0.2) is 17.1 Å². The van der Waals surface area contributed by atoms with Crippen LogP contribution in [0.1, 0.15) is 10.4 Å². The van der Waals surface area contributed by atoms with E-state index >= 15 is 0 Å². The Kier molecular flexibility index (Phi) is 4.12. The number of aromatic amines is 1. The van der Waals surface area contributed by atoms with Crippen molar-refractivity contribution in [1.29, 1.82) is 0 Å². The smallest absolute Gasteiger partial charge is 0.355 e. The number of thiazole rings is 1. The number of carboxylic acid groups (broad SMARTS) is 1. The minimum atomic E-state index is -1.17. The second-order valence-corrected chi connectivity index (χ2v) is 6.49. The fourth-order valence-electron chi connectivity index (χ4n) is 2.35. The van der Waals surface area contributed by atoms with Crippen molar-refractivity contribution in [2.24, 2.45) is 4.99 Å². The van der Waals surface area contributed by atoms with Crippen LogP contribution in [0, 0.1) is 3.95 Å². The molecule has 3 N–H and O–H groups in total. The first-order chi connectivity index (χ1) is 11.4. The second kappa shape index (κ2) is 6.10. The summed E-state index contributed by atoms with van der Waals surface area (Å²) in [5.41, 5.74) is 1.26. The van der Waals surface area contributed by atoms with E-state index in [0.29, 0.717) is 37.2 Å². The molecule has 0 fully saturated rings. The van der Waals surface area contributed by atoms with E-state index in [0.717, 1.165) is 11.3 Å². The summed E-state index contributed by atoms with van der Waals surface area (Å²) in [6.45, 7) is 0. The van der Waals surface area contributed by atoms with Crippen molar-refractivity contribution in [2.75, 3.05) is 14.2 Å². The van der Waals surface area contributed by atoms with Crippen LogP contribution < -0.4 is 9.47 Å². The van der Waals surface area contributed by atoms with Crippen LogP contribution in [0.5, 0.6) is 17.4 Å². The molecule has 2 aromatic rings. The highest BCUT2D eigenvalue weighted by Crippen LogP contribution is 2.43. The molecule has 0 amide bonds. The van der Waals surface area contributed by atoms with Crippen molar-refractivity contribution in [1.82, 2.24) is 4.98 Å². The van der Waals surface area contributed by atoms with Crippen LogP contribution in [0.4, 0.5) is 5.69 Å². The van der Waals surface area contributed by atoms with Crippen molar-refractivity contribution in [3.63, 3.8) is 0 Å². The van der Waals surface area contributed by atoms with E-state index in [2.05, 4.69) is 9.98 Å². The van der Waals surface area contributed by atoms with Crippen LogP contribution in [-0.4, -0.2) is 41.1 Å². The minimum Gasteiger partial charge on any atom is -0.494 e. The third kappa shape index (κ3) is 2.68. The lowest BCUT2D eigenvalue weighted by Gasteiger charge is -2.10. The molecular formula is C15H12N2O5S2. The molecule has 1 aromatic heterocycles. The van der Waals surface area contributed by atoms with Crippen LogP contribution in [0.2, 0.25) is 0 Å². The number of benzene rings is 1. The predicted molar refractivity (Wildman–Crippen MR) is 93.3 cm³/mol. The quantitative estimate of drug-likeness (QED) is 0.720. The van der Waals surface area contributed by atoms with Gasteiger partial charge < -0.3 is 24.7 Å². The first kappa shape index (κ1) is 16.2. The van der Waals surface area contributed by atoms with E-state index in [9.17, 15) is 15.0 Å². The molecule has 0 saturated carbocycles. The maximum atomic E-state index is 11.5. The van der Waals surface area contributed by atoms with Crippen molar-refractivity contribution in [2.45, 2.75) is 0 Å². The number of aliphatic carboxylic acids is 1. The van der Waals surface area contributed by atoms with Gasteiger partial charge in [0, 0.05) is 17.2 Å². The van der Waals surface area contributed by atoms with Gasteiger partial charge in [-0.05, 0) is 24.4 Å². The molecule has 124 valence electrons. The summed E-state index contributed by atoms with van der Waals surface area (Å²) < 4.78 is 10.9. The fraction of sp³-hybridized carbons (Fsp3) is 0.133. The topological polar surface area (TPSA) is 104 Å². The Morgan fingerprint density at radius 3 is 2.54 bits per heavy atom. The maximum absolute atomic E-state index is 11.5.